The van der Waals surface area contributed by atoms with Gasteiger partial charge in [-0.2, -0.15) is 5.10 Å². The van der Waals surface area contributed by atoms with E-state index in [1.54, 1.807) is 19.1 Å². The van der Waals surface area contributed by atoms with Crippen molar-refractivity contribution in [3.05, 3.63) is 85.3 Å². The number of hydrogen-bond acceptors (Lipinski definition) is 3. The number of hydrogen-bond donors (Lipinski definition) is 2. The molecule has 25 heavy (non-hydrogen) atoms. The van der Waals surface area contributed by atoms with Gasteiger partial charge in [0.15, 0.2) is 0 Å². The Hall–Kier alpha value is -2.68. The lowest BCUT2D eigenvalue weighted by Crippen LogP contribution is -2.20. The molecule has 1 amide bonds. The van der Waals surface area contributed by atoms with Crippen molar-refractivity contribution in [2.75, 3.05) is 0 Å². The van der Waals surface area contributed by atoms with E-state index in [4.69, 9.17) is 0 Å². The van der Waals surface area contributed by atoms with Gasteiger partial charge in [-0.05, 0) is 65.9 Å². The Balaban J connectivity index is 1.78. The Morgan fingerprint density at radius 1 is 1.16 bits per heavy atom. The summed E-state index contributed by atoms with van der Waals surface area (Å²) < 4.78 is 2.49. The van der Waals surface area contributed by atoms with Crippen LogP contribution < -0.4 is 11.0 Å². The lowest BCUT2D eigenvalue weighted by Gasteiger charge is -1.99. The fraction of sp³-hybridized carbons (Fsp3) is 0.0556. The van der Waals surface area contributed by atoms with Gasteiger partial charge in [0.05, 0.1) is 17.5 Å². The fourth-order valence-electron chi connectivity index (χ4n) is 2.29. The zero-order valence-corrected chi connectivity index (χ0v) is 15.5. The van der Waals surface area contributed by atoms with Crippen molar-refractivity contribution in [1.82, 2.24) is 15.2 Å². The standard InChI is InChI=1S/C18H15IN4O2/c1-12-16(18(25)23(22-12)15-5-3-2-4-6-15)11-20-21-17(24)13-7-9-14(19)10-8-13/h2-11,22H,1H3,(H,21,24)/b20-11+. The van der Waals surface area contributed by atoms with E-state index in [9.17, 15) is 9.59 Å². The van der Waals surface area contributed by atoms with Gasteiger partial charge in [0, 0.05) is 14.8 Å². The Morgan fingerprint density at radius 2 is 1.84 bits per heavy atom. The number of benzene rings is 2. The molecule has 0 saturated heterocycles. The molecule has 0 fully saturated rings. The maximum absolute atomic E-state index is 12.5. The van der Waals surface area contributed by atoms with E-state index >= 15 is 0 Å². The Kier molecular flexibility index (Phi) is 5.13. The highest BCUT2D eigenvalue weighted by Crippen LogP contribution is 2.07. The minimum Gasteiger partial charge on any atom is -0.295 e. The summed E-state index contributed by atoms with van der Waals surface area (Å²) in [6.45, 7) is 1.78. The molecule has 6 nitrogen and oxygen atoms in total. The molecule has 0 aliphatic carbocycles. The van der Waals surface area contributed by atoms with Crippen molar-refractivity contribution in [3.63, 3.8) is 0 Å². The molecule has 7 heteroatoms. The molecule has 3 aromatic rings. The van der Waals surface area contributed by atoms with Gasteiger partial charge in [-0.1, -0.05) is 18.2 Å². The number of aromatic amines is 1. The lowest BCUT2D eigenvalue weighted by molar-refractivity contribution is 0.0955. The Morgan fingerprint density at radius 3 is 2.52 bits per heavy atom. The first-order valence-electron chi connectivity index (χ1n) is 7.52. The van der Waals surface area contributed by atoms with E-state index in [0.29, 0.717) is 16.8 Å². The molecule has 0 aliphatic heterocycles. The van der Waals surface area contributed by atoms with Crippen LogP contribution in [0.25, 0.3) is 5.69 Å². The molecule has 1 aromatic heterocycles. The maximum atomic E-state index is 12.5. The normalized spacial score (nSPS) is 11.0. The molecule has 3 rings (SSSR count). The summed E-state index contributed by atoms with van der Waals surface area (Å²) >= 11 is 2.17. The quantitative estimate of drug-likeness (QED) is 0.367. The second kappa shape index (κ2) is 7.47. The number of H-pyrrole nitrogens is 1. The van der Waals surface area contributed by atoms with Crippen molar-refractivity contribution in [1.29, 1.82) is 0 Å². The minimum absolute atomic E-state index is 0.226. The Labute approximate surface area is 157 Å². The van der Waals surface area contributed by atoms with Crippen molar-refractivity contribution in [3.8, 4) is 5.69 Å². The molecule has 0 atom stereocenters. The van der Waals surface area contributed by atoms with Gasteiger partial charge in [0.1, 0.15) is 0 Å². The molecule has 126 valence electrons. The topological polar surface area (TPSA) is 79.2 Å². The number of carbonyl (C=O) groups is 1. The number of amides is 1. The second-order valence-electron chi connectivity index (χ2n) is 5.33. The molecular formula is C18H15IN4O2. The van der Waals surface area contributed by atoms with Crippen molar-refractivity contribution < 1.29 is 4.79 Å². The van der Waals surface area contributed by atoms with Crippen LogP contribution >= 0.6 is 22.6 Å². The van der Waals surface area contributed by atoms with Gasteiger partial charge in [0.2, 0.25) is 0 Å². The highest BCUT2D eigenvalue weighted by Gasteiger charge is 2.10. The van der Waals surface area contributed by atoms with Crippen molar-refractivity contribution in [2.24, 2.45) is 5.10 Å². The summed E-state index contributed by atoms with van der Waals surface area (Å²) in [4.78, 5) is 24.5. The van der Waals surface area contributed by atoms with Crippen LogP contribution in [0.15, 0.2) is 64.5 Å². The molecule has 0 radical (unpaired) electrons. The lowest BCUT2D eigenvalue weighted by atomic mass is 10.2. The Bertz CT molecular complexity index is 973. The predicted octanol–water partition coefficient (Wildman–Crippen LogP) is 2.84. The number of aromatic nitrogens is 2. The van der Waals surface area contributed by atoms with E-state index in [1.807, 2.05) is 42.5 Å². The largest absolute Gasteiger partial charge is 0.295 e. The molecule has 0 unspecified atom stereocenters. The number of halogens is 1. The van der Waals surface area contributed by atoms with E-state index in [1.165, 1.54) is 10.9 Å². The zero-order valence-electron chi connectivity index (χ0n) is 13.4. The molecule has 0 saturated carbocycles. The van der Waals surface area contributed by atoms with E-state index in [0.717, 1.165) is 9.26 Å². The van der Waals surface area contributed by atoms with E-state index in [2.05, 4.69) is 38.2 Å². The SMILES string of the molecule is Cc1[nH]n(-c2ccccc2)c(=O)c1/C=N/NC(=O)c1ccc(I)cc1. The van der Waals surface area contributed by atoms with Crippen LogP contribution in [0, 0.1) is 10.5 Å². The van der Waals surface area contributed by atoms with Crippen LogP contribution in [0.2, 0.25) is 0 Å². The molecule has 0 aliphatic rings. The minimum atomic E-state index is -0.329. The first-order valence-corrected chi connectivity index (χ1v) is 8.60. The second-order valence-corrected chi connectivity index (χ2v) is 6.58. The number of aryl methyl sites for hydroxylation is 1. The summed E-state index contributed by atoms with van der Waals surface area (Å²) in [7, 11) is 0. The summed E-state index contributed by atoms with van der Waals surface area (Å²) in [5.74, 6) is -0.329. The molecule has 2 N–H and O–H groups in total. The van der Waals surface area contributed by atoms with Crippen LogP contribution in [0.3, 0.4) is 0 Å². The van der Waals surface area contributed by atoms with Gasteiger partial charge in [0.25, 0.3) is 11.5 Å². The van der Waals surface area contributed by atoms with Gasteiger partial charge < -0.3 is 0 Å². The summed E-state index contributed by atoms with van der Waals surface area (Å²) in [6.07, 6.45) is 1.36. The molecule has 0 bridgehead atoms. The third-order valence-electron chi connectivity index (χ3n) is 3.60. The third-order valence-corrected chi connectivity index (χ3v) is 4.32. The van der Waals surface area contributed by atoms with Crippen LogP contribution in [-0.2, 0) is 0 Å². The number of hydrazone groups is 1. The number of para-hydroxylation sites is 1. The summed E-state index contributed by atoms with van der Waals surface area (Å²) in [5.41, 5.74) is 4.51. The predicted molar refractivity (Wildman–Crippen MR) is 105 cm³/mol. The fourth-order valence-corrected chi connectivity index (χ4v) is 2.65. The van der Waals surface area contributed by atoms with Crippen molar-refractivity contribution >= 4 is 34.7 Å². The number of nitrogens with one attached hydrogen (secondary N) is 2. The zero-order chi connectivity index (χ0) is 17.8. The molecule has 2 aromatic carbocycles. The van der Waals surface area contributed by atoms with Crippen LogP contribution in [0.1, 0.15) is 21.6 Å². The summed E-state index contributed by atoms with van der Waals surface area (Å²) in [6, 6.07) is 16.4. The van der Waals surface area contributed by atoms with Crippen LogP contribution in [0.5, 0.6) is 0 Å². The van der Waals surface area contributed by atoms with Gasteiger partial charge in [-0.15, -0.1) is 0 Å². The third kappa shape index (κ3) is 3.87. The van der Waals surface area contributed by atoms with Crippen LogP contribution in [0.4, 0.5) is 0 Å². The van der Waals surface area contributed by atoms with Gasteiger partial charge in [-0.3, -0.25) is 14.7 Å². The maximum Gasteiger partial charge on any atom is 0.280 e. The van der Waals surface area contributed by atoms with Gasteiger partial charge in [-0.25, -0.2) is 10.1 Å². The molecular weight excluding hydrogens is 431 g/mol. The molecule has 1 heterocycles. The van der Waals surface area contributed by atoms with E-state index in [-0.39, 0.29) is 11.5 Å². The van der Waals surface area contributed by atoms with Crippen LogP contribution in [-0.4, -0.2) is 21.9 Å². The highest BCUT2D eigenvalue weighted by atomic mass is 127. The number of nitrogens with zero attached hydrogens (tertiary/aromatic N) is 2. The number of rotatable bonds is 4. The van der Waals surface area contributed by atoms with E-state index < -0.39 is 0 Å². The van der Waals surface area contributed by atoms with Crippen molar-refractivity contribution in [2.45, 2.75) is 6.92 Å². The summed E-state index contributed by atoms with van der Waals surface area (Å²) in [5, 5.41) is 6.91. The average Bonchev–Trinajstić information content (AvgIpc) is 2.91. The smallest absolute Gasteiger partial charge is 0.280 e. The van der Waals surface area contributed by atoms with Gasteiger partial charge >= 0.3 is 0 Å². The number of carbonyl (C=O) groups excluding carboxylic acids is 1. The average molecular weight is 446 g/mol. The molecule has 0 spiro atoms. The monoisotopic (exact) mass is 446 g/mol. The first kappa shape index (κ1) is 17.2. The highest BCUT2D eigenvalue weighted by molar-refractivity contribution is 14.1. The first-order chi connectivity index (χ1) is 12.1.